The predicted octanol–water partition coefficient (Wildman–Crippen LogP) is 7.49. The van der Waals surface area contributed by atoms with Crippen LogP contribution < -0.4 is 5.32 Å². The molecule has 0 aromatic heterocycles. The van der Waals surface area contributed by atoms with Gasteiger partial charge >= 0.3 is 24.4 Å². The summed E-state index contributed by atoms with van der Waals surface area (Å²) in [5.41, 5.74) is -2.31. The van der Waals surface area contributed by atoms with Crippen molar-refractivity contribution in [1.82, 2.24) is 5.32 Å². The molecule has 40 heavy (non-hydrogen) atoms. The van der Waals surface area contributed by atoms with E-state index in [0.717, 1.165) is 0 Å². The molecule has 0 radical (unpaired) electrons. The number of carbonyl (C=O) groups excluding carboxylic acids is 2. The number of alkyl halides is 6. The van der Waals surface area contributed by atoms with E-state index in [1.807, 2.05) is 0 Å². The summed E-state index contributed by atoms with van der Waals surface area (Å²) in [6.07, 6.45) is -9.64. The number of nitrogens with zero attached hydrogens (tertiary/aromatic N) is 1. The fourth-order valence-corrected chi connectivity index (χ4v) is 5.78. The zero-order chi connectivity index (χ0) is 30.0. The van der Waals surface area contributed by atoms with Gasteiger partial charge in [-0.1, -0.05) is 0 Å². The Labute approximate surface area is 227 Å². The number of likely N-dealkylation sites (tertiary alicyclic amines) is 1. The summed E-state index contributed by atoms with van der Waals surface area (Å²) in [5, 5.41) is 2.55. The standard InChI is InChI=1S/C28H31F7N2O3/c1-5-40-25(38)12-18-8-9-37(26(39)36-4,24(11-18)23-7-6-22(29)10-16(23)2)17(3)19-13-20(27(30,31)32)15-21(14-19)28(33,34)35/h6-7,10,13-15,17-18,24H,5,8-9,11-12H2,1-4H3/p+1/t17?,18?,24-,37?/m1/s1. The molecule has 0 saturated carbocycles. The van der Waals surface area contributed by atoms with Gasteiger partial charge in [-0.15, -0.1) is 0 Å². The summed E-state index contributed by atoms with van der Waals surface area (Å²) in [5.74, 6) is -1.29. The normalized spacial score (nSPS) is 22.5. The van der Waals surface area contributed by atoms with Gasteiger partial charge in [-0.25, -0.2) is 13.7 Å². The third-order valence-corrected chi connectivity index (χ3v) is 7.75. The molecule has 2 amide bonds. The summed E-state index contributed by atoms with van der Waals surface area (Å²) >= 11 is 0. The molecule has 2 aromatic carbocycles. The minimum Gasteiger partial charge on any atom is -0.466 e. The molecule has 1 aliphatic heterocycles. The lowest BCUT2D eigenvalue weighted by molar-refractivity contribution is -0.917. The highest BCUT2D eigenvalue weighted by molar-refractivity contribution is 5.70. The SMILES string of the molecule is CCOC(=O)CC1CC[N+](C(=O)NC)(C(C)c2cc(C(F)(F)F)cc(C(F)(F)F)c2)[C@@H](c2ccc(F)cc2C)C1. The van der Waals surface area contributed by atoms with E-state index in [1.54, 1.807) is 13.8 Å². The van der Waals surface area contributed by atoms with Crippen molar-refractivity contribution in [1.29, 1.82) is 0 Å². The number of urea groups is 1. The Bertz CT molecular complexity index is 1210. The maximum absolute atomic E-state index is 14.0. The maximum Gasteiger partial charge on any atom is 0.417 e. The van der Waals surface area contributed by atoms with Crippen LogP contribution in [-0.4, -0.2) is 36.7 Å². The Balaban J connectivity index is 2.24. The lowest BCUT2D eigenvalue weighted by Crippen LogP contribution is -2.62. The van der Waals surface area contributed by atoms with Gasteiger partial charge in [-0.05, 0) is 68.7 Å². The number of rotatable bonds is 6. The predicted molar refractivity (Wildman–Crippen MR) is 132 cm³/mol. The third-order valence-electron chi connectivity index (χ3n) is 7.75. The van der Waals surface area contributed by atoms with Gasteiger partial charge in [0.1, 0.15) is 17.9 Å². The number of halogens is 7. The molecule has 1 heterocycles. The Morgan fingerprint density at radius 1 is 1.05 bits per heavy atom. The van der Waals surface area contributed by atoms with Crippen LogP contribution in [0.3, 0.4) is 0 Å². The Morgan fingerprint density at radius 3 is 2.15 bits per heavy atom. The monoisotopic (exact) mass is 577 g/mol. The van der Waals surface area contributed by atoms with E-state index in [9.17, 15) is 40.3 Å². The fraction of sp³-hybridized carbons (Fsp3) is 0.500. The van der Waals surface area contributed by atoms with Crippen LogP contribution in [0.25, 0.3) is 0 Å². The molecule has 1 N–H and O–H groups in total. The van der Waals surface area contributed by atoms with E-state index in [-0.39, 0.29) is 50.0 Å². The number of quaternary nitrogens is 1. The van der Waals surface area contributed by atoms with Crippen molar-refractivity contribution in [3.8, 4) is 0 Å². The summed E-state index contributed by atoms with van der Waals surface area (Å²) < 4.78 is 101. The number of hydrogen-bond acceptors (Lipinski definition) is 3. The van der Waals surface area contributed by atoms with E-state index in [0.29, 0.717) is 23.3 Å². The molecule has 12 heteroatoms. The van der Waals surface area contributed by atoms with Crippen molar-refractivity contribution in [3.05, 3.63) is 70.0 Å². The van der Waals surface area contributed by atoms with Crippen LogP contribution in [0.2, 0.25) is 0 Å². The van der Waals surface area contributed by atoms with Crippen LogP contribution in [0, 0.1) is 18.7 Å². The number of ether oxygens (including phenoxy) is 1. The van der Waals surface area contributed by atoms with E-state index in [4.69, 9.17) is 4.74 Å². The minimum absolute atomic E-state index is 0.00396. The van der Waals surface area contributed by atoms with Crippen LogP contribution in [0.5, 0.6) is 0 Å². The second kappa shape index (κ2) is 11.8. The first-order chi connectivity index (χ1) is 18.5. The van der Waals surface area contributed by atoms with Gasteiger partial charge in [0.05, 0.1) is 24.3 Å². The quantitative estimate of drug-likeness (QED) is 0.220. The van der Waals surface area contributed by atoms with Crippen molar-refractivity contribution in [3.63, 3.8) is 0 Å². The number of hydrogen-bond donors (Lipinski definition) is 1. The van der Waals surface area contributed by atoms with E-state index >= 15 is 0 Å². The van der Waals surface area contributed by atoms with Crippen molar-refractivity contribution in [2.75, 3.05) is 20.2 Å². The molecule has 5 nitrogen and oxygen atoms in total. The largest absolute Gasteiger partial charge is 0.466 e. The van der Waals surface area contributed by atoms with Crippen molar-refractivity contribution >= 4 is 12.0 Å². The van der Waals surface area contributed by atoms with Gasteiger partial charge in [0, 0.05) is 37.4 Å². The van der Waals surface area contributed by atoms with Crippen LogP contribution in [0.4, 0.5) is 35.5 Å². The van der Waals surface area contributed by atoms with Gasteiger partial charge in [-0.2, -0.15) is 26.3 Å². The maximum atomic E-state index is 14.0. The molecule has 1 fully saturated rings. The number of benzene rings is 2. The minimum atomic E-state index is -5.06. The van der Waals surface area contributed by atoms with Crippen LogP contribution in [0.15, 0.2) is 36.4 Å². The van der Waals surface area contributed by atoms with E-state index in [1.165, 1.54) is 32.2 Å². The number of amides is 2. The number of nitrogens with one attached hydrogen (secondary N) is 1. The van der Waals surface area contributed by atoms with E-state index in [2.05, 4.69) is 5.32 Å². The molecule has 3 rings (SSSR count). The van der Waals surface area contributed by atoms with Crippen molar-refractivity contribution < 1.29 is 49.5 Å². The lowest BCUT2D eigenvalue weighted by Gasteiger charge is -2.50. The molecule has 220 valence electrons. The number of piperidine rings is 1. The zero-order valence-electron chi connectivity index (χ0n) is 22.5. The van der Waals surface area contributed by atoms with Crippen LogP contribution in [0.1, 0.15) is 73.0 Å². The Kier molecular flexibility index (Phi) is 9.22. The topological polar surface area (TPSA) is 55.4 Å². The summed E-state index contributed by atoms with van der Waals surface area (Å²) in [6, 6.07) is 2.62. The van der Waals surface area contributed by atoms with Gasteiger partial charge < -0.3 is 10.1 Å². The first-order valence-corrected chi connectivity index (χ1v) is 12.8. The highest BCUT2D eigenvalue weighted by atomic mass is 19.4. The lowest BCUT2D eigenvalue weighted by atomic mass is 9.80. The molecule has 0 spiro atoms. The molecule has 2 aromatic rings. The smallest absolute Gasteiger partial charge is 0.417 e. The van der Waals surface area contributed by atoms with Crippen molar-refractivity contribution in [2.24, 2.45) is 5.92 Å². The van der Waals surface area contributed by atoms with E-state index < -0.39 is 57.9 Å². The molecule has 1 saturated heterocycles. The molecule has 0 bridgehead atoms. The molecule has 4 atom stereocenters. The molecular weight excluding hydrogens is 545 g/mol. The molecule has 1 aliphatic rings. The van der Waals surface area contributed by atoms with Gasteiger partial charge in [0.25, 0.3) is 0 Å². The summed E-state index contributed by atoms with van der Waals surface area (Å²) in [6.45, 7) is 4.86. The third kappa shape index (κ3) is 6.42. The highest BCUT2D eigenvalue weighted by Gasteiger charge is 2.54. The molecular formula is C28H32F7N2O3+. The zero-order valence-corrected chi connectivity index (χ0v) is 22.5. The first kappa shape index (κ1) is 31.4. The summed E-state index contributed by atoms with van der Waals surface area (Å²) in [4.78, 5) is 26.0. The van der Waals surface area contributed by atoms with Gasteiger partial charge in [0.15, 0.2) is 0 Å². The second-order valence-corrected chi connectivity index (χ2v) is 10.1. The van der Waals surface area contributed by atoms with Crippen LogP contribution in [-0.2, 0) is 21.9 Å². The fourth-order valence-electron chi connectivity index (χ4n) is 5.78. The van der Waals surface area contributed by atoms with Crippen molar-refractivity contribution in [2.45, 2.75) is 64.5 Å². The first-order valence-electron chi connectivity index (χ1n) is 12.8. The second-order valence-electron chi connectivity index (χ2n) is 10.1. The molecule has 3 unspecified atom stereocenters. The average Bonchev–Trinajstić information content (AvgIpc) is 2.86. The average molecular weight is 578 g/mol. The Morgan fingerprint density at radius 2 is 1.65 bits per heavy atom. The van der Waals surface area contributed by atoms with Gasteiger partial charge in [0.2, 0.25) is 0 Å². The van der Waals surface area contributed by atoms with Gasteiger partial charge in [-0.3, -0.25) is 4.79 Å². The number of aryl methyl sites for hydroxylation is 1. The molecule has 0 aliphatic carbocycles. The Hall–Kier alpha value is -3.15. The highest BCUT2D eigenvalue weighted by Crippen LogP contribution is 2.50. The number of carbonyl (C=O) groups is 2. The number of esters is 1. The van der Waals surface area contributed by atoms with Crippen LogP contribution >= 0.6 is 0 Å². The summed E-state index contributed by atoms with van der Waals surface area (Å²) in [7, 11) is 1.33.